The van der Waals surface area contributed by atoms with Crippen molar-refractivity contribution in [2.24, 2.45) is 23.2 Å². The molecule has 0 radical (unpaired) electrons. The smallest absolute Gasteiger partial charge is 0.223 e. The number of nitrogens with one attached hydrogen (secondary N) is 2. The molecule has 2 saturated carbocycles. The third kappa shape index (κ3) is 3.99. The number of aromatic nitrogens is 3. The van der Waals surface area contributed by atoms with Crippen molar-refractivity contribution in [1.29, 1.82) is 0 Å². The van der Waals surface area contributed by atoms with Crippen LogP contribution in [-0.4, -0.2) is 40.5 Å². The zero-order chi connectivity index (χ0) is 20.4. The minimum atomic E-state index is 0.152. The number of hydrogen-bond donors (Lipinski definition) is 2. The Bertz CT molecular complexity index is 843. The molecule has 2 unspecified atom stereocenters. The van der Waals surface area contributed by atoms with Gasteiger partial charge in [-0.25, -0.2) is 9.97 Å². The highest BCUT2D eigenvalue weighted by Crippen LogP contribution is 2.56. The maximum Gasteiger partial charge on any atom is 0.223 e. The molecule has 2 aromatic rings. The lowest BCUT2D eigenvalue weighted by Crippen LogP contribution is -2.48. The summed E-state index contributed by atoms with van der Waals surface area (Å²) in [6, 6.07) is 2.05. The van der Waals surface area contributed by atoms with Gasteiger partial charge in [0, 0.05) is 31.7 Å². The van der Waals surface area contributed by atoms with E-state index in [1.54, 1.807) is 6.33 Å². The van der Waals surface area contributed by atoms with Gasteiger partial charge in [-0.1, -0.05) is 27.2 Å². The molecule has 6 nitrogen and oxygen atoms in total. The number of H-pyrrole nitrogens is 1. The molecule has 0 aromatic carbocycles. The van der Waals surface area contributed by atoms with Crippen molar-refractivity contribution in [2.45, 2.75) is 59.3 Å². The van der Waals surface area contributed by atoms with Gasteiger partial charge in [-0.2, -0.15) is 0 Å². The summed E-state index contributed by atoms with van der Waals surface area (Å²) < 4.78 is 0. The summed E-state index contributed by atoms with van der Waals surface area (Å²) in [6.07, 6.45) is 10.6. The van der Waals surface area contributed by atoms with E-state index in [4.69, 9.17) is 0 Å². The first-order chi connectivity index (χ1) is 14.1. The van der Waals surface area contributed by atoms with Gasteiger partial charge < -0.3 is 15.2 Å². The molecule has 6 heteroatoms. The van der Waals surface area contributed by atoms with Crippen LogP contribution in [0.25, 0.3) is 11.0 Å². The number of piperidine rings is 1. The number of rotatable bonds is 4. The molecule has 2 aliphatic carbocycles. The van der Waals surface area contributed by atoms with E-state index in [0.717, 1.165) is 61.7 Å². The normalized spacial score (nSPS) is 27.6. The number of anilines is 1. The Balaban J connectivity index is 0.000000994. The number of hydrogen-bond acceptors (Lipinski definition) is 4. The topological polar surface area (TPSA) is 73.9 Å². The van der Waals surface area contributed by atoms with Crippen LogP contribution >= 0.6 is 0 Å². The van der Waals surface area contributed by atoms with E-state index in [1.165, 1.54) is 19.3 Å². The Morgan fingerprint density at radius 2 is 2.10 bits per heavy atom. The highest BCUT2D eigenvalue weighted by molar-refractivity contribution is 5.87. The standard InChI is InChI=1S/C21H29N5O.C2H6/c1-14-2-3-15(10-14)11-23-20(27)17-5-9-26(12-21(17)6-7-21)19-16-4-8-22-18(16)24-13-25-19;1-2/h4,8,13-15,17H,2-3,5-7,9-12H2,1H3,(H,23,27)(H,22,24,25);1-2H3/t14-,15?,17?;/m0./s1. The van der Waals surface area contributed by atoms with E-state index < -0.39 is 0 Å². The molecule has 1 saturated heterocycles. The van der Waals surface area contributed by atoms with Crippen LogP contribution in [0.4, 0.5) is 5.82 Å². The zero-order valence-corrected chi connectivity index (χ0v) is 18.1. The van der Waals surface area contributed by atoms with Crippen LogP contribution in [0.3, 0.4) is 0 Å². The first kappa shape index (κ1) is 20.2. The molecule has 2 aromatic heterocycles. The zero-order valence-electron chi connectivity index (χ0n) is 18.1. The predicted molar refractivity (Wildman–Crippen MR) is 117 cm³/mol. The maximum absolute atomic E-state index is 12.9. The SMILES string of the molecule is CC.C[C@H]1CCC(CNC(=O)C2CCN(c3ncnc4[nH]ccc34)CC23CC3)C1. The van der Waals surface area contributed by atoms with Gasteiger partial charge in [0.25, 0.3) is 0 Å². The van der Waals surface area contributed by atoms with Gasteiger partial charge in [0.2, 0.25) is 5.91 Å². The lowest BCUT2D eigenvalue weighted by molar-refractivity contribution is -0.128. The van der Waals surface area contributed by atoms with Crippen molar-refractivity contribution >= 4 is 22.8 Å². The van der Waals surface area contributed by atoms with Crippen LogP contribution in [0.2, 0.25) is 0 Å². The summed E-state index contributed by atoms with van der Waals surface area (Å²) in [5, 5.41) is 4.38. The quantitative estimate of drug-likeness (QED) is 0.813. The number of fused-ring (bicyclic) bond motifs is 1. The van der Waals surface area contributed by atoms with Crippen LogP contribution in [0, 0.1) is 23.2 Å². The summed E-state index contributed by atoms with van der Waals surface area (Å²) in [5.41, 5.74) is 1.04. The Labute approximate surface area is 173 Å². The predicted octanol–water partition coefficient (Wildman–Crippen LogP) is 4.14. The van der Waals surface area contributed by atoms with Crippen molar-refractivity contribution in [2.75, 3.05) is 24.5 Å². The Morgan fingerprint density at radius 1 is 1.28 bits per heavy atom. The summed E-state index contributed by atoms with van der Waals surface area (Å²) in [4.78, 5) is 27.3. The summed E-state index contributed by atoms with van der Waals surface area (Å²) >= 11 is 0. The third-order valence-corrected chi connectivity index (χ3v) is 7.14. The lowest BCUT2D eigenvalue weighted by atomic mass is 9.81. The van der Waals surface area contributed by atoms with Crippen LogP contribution in [-0.2, 0) is 4.79 Å². The first-order valence-electron chi connectivity index (χ1n) is 11.5. The van der Waals surface area contributed by atoms with Crippen molar-refractivity contribution in [3.8, 4) is 0 Å². The molecule has 1 amide bonds. The minimum absolute atomic E-state index is 0.152. The lowest BCUT2D eigenvalue weighted by Gasteiger charge is -2.39. The molecule has 0 bridgehead atoms. The van der Waals surface area contributed by atoms with E-state index in [2.05, 4.69) is 32.1 Å². The van der Waals surface area contributed by atoms with E-state index >= 15 is 0 Å². The minimum Gasteiger partial charge on any atom is -0.356 e. The van der Waals surface area contributed by atoms with Gasteiger partial charge in [-0.15, -0.1) is 0 Å². The molecular formula is C23H35N5O. The molecule has 3 atom stereocenters. The molecule has 2 N–H and O–H groups in total. The number of aromatic amines is 1. The Hall–Kier alpha value is -2.11. The number of amides is 1. The van der Waals surface area contributed by atoms with E-state index in [0.29, 0.717) is 11.8 Å². The molecule has 5 rings (SSSR count). The van der Waals surface area contributed by atoms with Crippen molar-refractivity contribution in [1.82, 2.24) is 20.3 Å². The largest absolute Gasteiger partial charge is 0.356 e. The van der Waals surface area contributed by atoms with Crippen LogP contribution in [0.15, 0.2) is 18.6 Å². The fraction of sp³-hybridized carbons (Fsp3) is 0.696. The number of nitrogens with zero attached hydrogens (tertiary/aromatic N) is 3. The first-order valence-corrected chi connectivity index (χ1v) is 11.5. The molecular weight excluding hydrogens is 362 g/mol. The van der Waals surface area contributed by atoms with Crippen LogP contribution < -0.4 is 10.2 Å². The molecule has 3 fully saturated rings. The van der Waals surface area contributed by atoms with Crippen LogP contribution in [0.5, 0.6) is 0 Å². The fourth-order valence-electron chi connectivity index (χ4n) is 5.41. The molecule has 1 aliphatic heterocycles. The van der Waals surface area contributed by atoms with Crippen molar-refractivity contribution < 1.29 is 4.79 Å². The van der Waals surface area contributed by atoms with E-state index in [1.807, 2.05) is 26.1 Å². The summed E-state index contributed by atoms with van der Waals surface area (Å²) in [6.45, 7) is 9.01. The van der Waals surface area contributed by atoms with Gasteiger partial charge in [0.1, 0.15) is 17.8 Å². The van der Waals surface area contributed by atoms with E-state index in [-0.39, 0.29) is 11.3 Å². The van der Waals surface area contributed by atoms with Crippen molar-refractivity contribution in [3.05, 3.63) is 18.6 Å². The highest BCUT2D eigenvalue weighted by atomic mass is 16.1. The van der Waals surface area contributed by atoms with Gasteiger partial charge in [0.05, 0.1) is 5.39 Å². The van der Waals surface area contributed by atoms with Crippen LogP contribution in [0.1, 0.15) is 59.3 Å². The second-order valence-electron chi connectivity index (χ2n) is 9.09. The van der Waals surface area contributed by atoms with E-state index in [9.17, 15) is 4.79 Å². The molecule has 29 heavy (non-hydrogen) atoms. The average molecular weight is 398 g/mol. The molecule has 3 heterocycles. The van der Waals surface area contributed by atoms with Gasteiger partial charge in [0.15, 0.2) is 0 Å². The molecule has 1 spiro atoms. The number of carbonyl (C=O) groups excluding carboxylic acids is 1. The second-order valence-corrected chi connectivity index (χ2v) is 9.09. The summed E-state index contributed by atoms with van der Waals surface area (Å²) in [7, 11) is 0. The van der Waals surface area contributed by atoms with Gasteiger partial charge >= 0.3 is 0 Å². The molecule has 158 valence electrons. The van der Waals surface area contributed by atoms with Crippen molar-refractivity contribution in [3.63, 3.8) is 0 Å². The maximum atomic E-state index is 12.9. The Morgan fingerprint density at radius 3 is 2.83 bits per heavy atom. The average Bonchev–Trinajstić information content (AvgIpc) is 3.15. The second kappa shape index (κ2) is 8.33. The molecule has 3 aliphatic rings. The monoisotopic (exact) mass is 397 g/mol. The number of carbonyl (C=O) groups is 1. The summed E-state index contributed by atoms with van der Waals surface area (Å²) in [5.74, 6) is 2.97. The van der Waals surface area contributed by atoms with Gasteiger partial charge in [-0.3, -0.25) is 4.79 Å². The highest BCUT2D eigenvalue weighted by Gasteiger charge is 2.55. The third-order valence-electron chi connectivity index (χ3n) is 7.14. The fourth-order valence-corrected chi connectivity index (χ4v) is 5.41. The van der Waals surface area contributed by atoms with Gasteiger partial charge in [-0.05, 0) is 55.4 Å². The Kier molecular flexibility index (Phi) is 5.79.